The van der Waals surface area contributed by atoms with Crippen molar-refractivity contribution in [3.05, 3.63) is 18.2 Å². The van der Waals surface area contributed by atoms with Crippen LogP contribution >= 0.6 is 0 Å². The summed E-state index contributed by atoms with van der Waals surface area (Å²) < 4.78 is 32.6. The van der Waals surface area contributed by atoms with Gasteiger partial charge >= 0.3 is 5.97 Å². The van der Waals surface area contributed by atoms with Gasteiger partial charge in [-0.3, -0.25) is 0 Å². The topological polar surface area (TPSA) is 107 Å². The van der Waals surface area contributed by atoms with E-state index < -0.39 is 16.0 Å². The summed E-state index contributed by atoms with van der Waals surface area (Å²) in [5, 5.41) is 17.5. The first kappa shape index (κ1) is 20.8. The first-order valence-electron chi connectivity index (χ1n) is 10.4. The van der Waals surface area contributed by atoms with Gasteiger partial charge in [-0.2, -0.15) is 0 Å². The Kier molecular flexibility index (Phi) is 6.01. The van der Waals surface area contributed by atoms with Crippen molar-refractivity contribution in [3.8, 4) is 5.75 Å². The summed E-state index contributed by atoms with van der Waals surface area (Å²) in [6.07, 6.45) is 4.04. The molecule has 0 aliphatic carbocycles. The maximum Gasteiger partial charge on any atom is 0.301 e. The normalized spacial score (nSPS) is 22.9. The summed E-state index contributed by atoms with van der Waals surface area (Å²) in [5.41, 5.74) is 0.677. The van der Waals surface area contributed by atoms with Gasteiger partial charge in [-0.25, -0.2) is 23.4 Å². The van der Waals surface area contributed by atoms with Crippen molar-refractivity contribution in [1.29, 1.82) is 0 Å². The largest absolute Gasteiger partial charge is 0.439 e. The molecule has 2 saturated heterocycles. The van der Waals surface area contributed by atoms with Crippen molar-refractivity contribution < 1.29 is 13.2 Å². The van der Waals surface area contributed by atoms with E-state index in [1.54, 1.807) is 18.2 Å². The number of hydrogen-bond acceptors (Lipinski definition) is 8. The Morgan fingerprint density at radius 3 is 2.07 bits per heavy atom. The number of piperidine rings is 2. The van der Waals surface area contributed by atoms with Crippen LogP contribution in [0.2, 0.25) is 0 Å². The zero-order chi connectivity index (χ0) is 20.5. The molecule has 0 atom stereocenters. The van der Waals surface area contributed by atoms with Gasteiger partial charge in [0, 0.05) is 26.2 Å². The molecule has 5 N–H and O–H groups in total. The molecule has 0 saturated carbocycles. The molecule has 0 amide bonds. The number of benzene rings is 1. The van der Waals surface area contributed by atoms with Gasteiger partial charge in [0.05, 0.1) is 10.6 Å². The van der Waals surface area contributed by atoms with E-state index in [1.165, 1.54) is 18.4 Å². The van der Waals surface area contributed by atoms with Gasteiger partial charge < -0.3 is 20.7 Å². The van der Waals surface area contributed by atoms with E-state index >= 15 is 0 Å². The second-order valence-electron chi connectivity index (χ2n) is 8.19. The van der Waals surface area contributed by atoms with Gasteiger partial charge in [-0.1, -0.05) is 0 Å². The van der Waals surface area contributed by atoms with Gasteiger partial charge in [0.1, 0.15) is 5.75 Å². The molecular weight excluding hydrogens is 392 g/mol. The molecule has 9 nitrogen and oxygen atoms in total. The van der Waals surface area contributed by atoms with Crippen molar-refractivity contribution in [2.45, 2.75) is 48.6 Å². The average Bonchev–Trinajstić information content (AvgIpc) is 3.06. The minimum Gasteiger partial charge on any atom is -0.439 e. The third-order valence-electron chi connectivity index (χ3n) is 5.80. The van der Waals surface area contributed by atoms with Gasteiger partial charge in [0.15, 0.2) is 0 Å². The molecule has 0 aromatic heterocycles. The molecule has 2 fully saturated rings. The van der Waals surface area contributed by atoms with Crippen LogP contribution in [-0.2, 0) is 10.0 Å². The highest BCUT2D eigenvalue weighted by atomic mass is 32.2. The number of fused-ring (bicyclic) bond motifs is 1. The molecule has 162 valence electrons. The number of sulfonamides is 1. The average molecular weight is 425 g/mol. The van der Waals surface area contributed by atoms with Crippen molar-refractivity contribution in [2.24, 2.45) is 0 Å². The molecule has 29 heavy (non-hydrogen) atoms. The van der Waals surface area contributed by atoms with Crippen LogP contribution in [0.25, 0.3) is 0 Å². The van der Waals surface area contributed by atoms with Crippen LogP contribution in [0.15, 0.2) is 23.1 Å². The Morgan fingerprint density at radius 2 is 1.55 bits per heavy atom. The summed E-state index contributed by atoms with van der Waals surface area (Å²) in [6, 6.07) is 5.59. The highest BCUT2D eigenvalue weighted by Crippen LogP contribution is 2.37. The van der Waals surface area contributed by atoms with E-state index in [-0.39, 0.29) is 4.90 Å². The summed E-state index contributed by atoms with van der Waals surface area (Å²) in [7, 11) is -0.438. The van der Waals surface area contributed by atoms with E-state index in [0.717, 1.165) is 51.9 Å². The minimum atomic E-state index is -3.51. The number of nitrogens with one attached hydrogen (secondary N) is 5. The smallest absolute Gasteiger partial charge is 0.301 e. The molecule has 10 heteroatoms. The summed E-state index contributed by atoms with van der Waals surface area (Å²) >= 11 is 0. The zero-order valence-corrected chi connectivity index (χ0v) is 17.9. The van der Waals surface area contributed by atoms with Gasteiger partial charge in [0.2, 0.25) is 10.0 Å². The molecule has 1 aromatic rings. The predicted octanol–water partition coefficient (Wildman–Crippen LogP) is 0.0357. The predicted molar refractivity (Wildman–Crippen MR) is 112 cm³/mol. The van der Waals surface area contributed by atoms with Crippen molar-refractivity contribution >= 4 is 15.7 Å². The number of hydrogen-bond donors (Lipinski definition) is 5. The van der Waals surface area contributed by atoms with Crippen LogP contribution in [0.3, 0.4) is 0 Å². The Labute approximate surface area is 173 Å². The molecular formula is C19H32N6O3S. The Morgan fingerprint density at radius 1 is 1.00 bits per heavy atom. The first-order chi connectivity index (χ1) is 13.9. The molecule has 3 heterocycles. The number of rotatable bonds is 6. The third-order valence-corrected chi connectivity index (χ3v) is 7.61. The fourth-order valence-electron chi connectivity index (χ4n) is 4.13. The van der Waals surface area contributed by atoms with E-state index in [4.69, 9.17) is 4.74 Å². The second-order valence-corrected chi connectivity index (χ2v) is 10.3. The lowest BCUT2D eigenvalue weighted by Gasteiger charge is -2.39. The molecule has 0 radical (unpaired) electrons. The zero-order valence-electron chi connectivity index (χ0n) is 17.1. The fraction of sp³-hybridized carbons (Fsp3) is 0.684. The Hall–Kier alpha value is -1.43. The monoisotopic (exact) mass is 424 g/mol. The van der Waals surface area contributed by atoms with Crippen LogP contribution in [0.4, 0.5) is 5.69 Å². The molecule has 1 aromatic carbocycles. The lowest BCUT2D eigenvalue weighted by atomic mass is 10.1. The molecule has 3 aliphatic rings. The lowest BCUT2D eigenvalue weighted by molar-refractivity contribution is 0.0106. The van der Waals surface area contributed by atoms with Gasteiger partial charge in [-0.15, -0.1) is 0 Å². The number of anilines is 1. The maximum atomic E-state index is 12.5. The summed E-state index contributed by atoms with van der Waals surface area (Å²) in [4.78, 5) is 0.247. The second kappa shape index (κ2) is 8.37. The van der Waals surface area contributed by atoms with E-state index in [1.807, 2.05) is 0 Å². The lowest BCUT2D eigenvalue weighted by Crippen LogP contribution is -2.70. The maximum absolute atomic E-state index is 12.5. The Bertz CT molecular complexity index is 799. The van der Waals surface area contributed by atoms with E-state index in [9.17, 15) is 8.42 Å². The van der Waals surface area contributed by atoms with Crippen LogP contribution in [0.1, 0.15) is 25.7 Å². The number of ether oxygens (including phenoxy) is 1. The number of nitrogens with zero attached hydrogens (tertiary/aromatic N) is 1. The van der Waals surface area contributed by atoms with E-state index in [2.05, 4.69) is 26.6 Å². The summed E-state index contributed by atoms with van der Waals surface area (Å²) in [5.74, 6) is -0.294. The highest BCUT2D eigenvalue weighted by molar-refractivity contribution is 7.89. The molecule has 0 unspecified atom stereocenters. The molecule has 3 aliphatic heterocycles. The minimum absolute atomic E-state index is 0.247. The molecule has 0 spiro atoms. The fourth-order valence-corrected chi connectivity index (χ4v) is 5.06. The van der Waals surface area contributed by atoms with Gasteiger partial charge in [0.25, 0.3) is 0 Å². The van der Waals surface area contributed by atoms with Crippen LogP contribution in [-0.4, -0.2) is 71.1 Å². The Balaban J connectivity index is 1.58. The summed E-state index contributed by atoms with van der Waals surface area (Å²) in [6.45, 7) is 3.89. The van der Waals surface area contributed by atoms with Gasteiger partial charge in [-0.05, 0) is 70.1 Å². The molecule has 0 bridgehead atoms. The highest BCUT2D eigenvalue weighted by Gasteiger charge is 2.43. The van der Waals surface area contributed by atoms with Crippen molar-refractivity contribution in [1.82, 2.24) is 25.6 Å². The van der Waals surface area contributed by atoms with Crippen molar-refractivity contribution in [3.63, 3.8) is 0 Å². The third kappa shape index (κ3) is 4.52. The first-order valence-corrected chi connectivity index (χ1v) is 11.8. The van der Waals surface area contributed by atoms with E-state index in [0.29, 0.717) is 23.5 Å². The molecule has 4 rings (SSSR count). The standard InChI is InChI=1S/C19H32N6O3S/c1-25(2)29(26,27)16-3-4-18-17(13-16)24-19(28-18,22-14-5-9-20-10-6-14)23-15-7-11-21-12-8-15/h3-4,13-15,20-24H,5-12H2,1-2H3. The van der Waals surface area contributed by atoms with Crippen LogP contribution < -0.4 is 31.3 Å². The van der Waals surface area contributed by atoms with Crippen molar-refractivity contribution in [2.75, 3.05) is 45.6 Å². The van der Waals surface area contributed by atoms with Crippen LogP contribution in [0, 0.1) is 0 Å². The quantitative estimate of drug-likeness (QED) is 0.408. The van der Waals surface area contributed by atoms with Crippen LogP contribution in [0.5, 0.6) is 5.75 Å². The SMILES string of the molecule is CN(C)S(=O)(=O)c1ccc2c(c1)NC(NC1CCNCC1)(NC1CCNCC1)O2.